The van der Waals surface area contributed by atoms with Crippen LogP contribution < -0.4 is 10.2 Å². The fraction of sp³-hybridized carbons (Fsp3) is 0.615. The van der Waals surface area contributed by atoms with Crippen molar-refractivity contribution in [3.8, 4) is 0 Å². The molecule has 1 heterocycles. The quantitative estimate of drug-likeness (QED) is 0.671. The van der Waals surface area contributed by atoms with Gasteiger partial charge >= 0.3 is 0 Å². The number of aromatic nitrogens is 1. The summed E-state index contributed by atoms with van der Waals surface area (Å²) in [5.41, 5.74) is 1.20. The normalized spacial score (nSPS) is 10.5. The molecule has 4 heteroatoms. The van der Waals surface area contributed by atoms with Crippen LogP contribution in [-0.2, 0) is 6.54 Å². The molecule has 1 rings (SSSR count). The molecular weight excluding hydrogens is 214 g/mol. The average Bonchev–Trinajstić information content (AvgIpc) is 2.37. The summed E-state index contributed by atoms with van der Waals surface area (Å²) in [7, 11) is 0. The highest BCUT2D eigenvalue weighted by molar-refractivity contribution is 5.39. The highest BCUT2D eigenvalue weighted by atomic mass is 16.3. The number of aliphatic hydroxyl groups is 1. The standard InChI is InChI=1S/C13H23N3O/c1-3-7-14-10-12-5-6-13(15-11-12)16(4-2)8-9-17/h5-6,11,14,17H,3-4,7-10H2,1-2H3. The van der Waals surface area contributed by atoms with Crippen LogP contribution in [0.15, 0.2) is 18.3 Å². The van der Waals surface area contributed by atoms with Crippen molar-refractivity contribution in [2.24, 2.45) is 0 Å². The molecule has 0 spiro atoms. The van der Waals surface area contributed by atoms with Gasteiger partial charge in [0.15, 0.2) is 0 Å². The van der Waals surface area contributed by atoms with Crippen molar-refractivity contribution >= 4 is 5.82 Å². The number of rotatable bonds is 8. The smallest absolute Gasteiger partial charge is 0.128 e. The molecular formula is C13H23N3O. The summed E-state index contributed by atoms with van der Waals surface area (Å²) in [4.78, 5) is 6.48. The van der Waals surface area contributed by atoms with Crippen LogP contribution in [0.3, 0.4) is 0 Å². The van der Waals surface area contributed by atoms with Crippen LogP contribution in [0.4, 0.5) is 5.82 Å². The number of hydrogen-bond donors (Lipinski definition) is 2. The topological polar surface area (TPSA) is 48.4 Å². The van der Waals surface area contributed by atoms with Crippen molar-refractivity contribution in [3.05, 3.63) is 23.9 Å². The third-order valence-corrected chi connectivity index (χ3v) is 2.64. The summed E-state index contributed by atoms with van der Waals surface area (Å²) in [6, 6.07) is 4.10. The summed E-state index contributed by atoms with van der Waals surface area (Å²) in [6.45, 7) is 7.78. The molecule has 0 aliphatic carbocycles. The van der Waals surface area contributed by atoms with E-state index < -0.39 is 0 Å². The first kappa shape index (κ1) is 13.9. The molecule has 0 aromatic carbocycles. The second kappa shape index (κ2) is 8.03. The number of aliphatic hydroxyl groups excluding tert-OH is 1. The number of nitrogens with one attached hydrogen (secondary N) is 1. The SMILES string of the molecule is CCCNCc1ccc(N(CC)CCO)nc1. The molecule has 96 valence electrons. The Morgan fingerprint density at radius 1 is 1.35 bits per heavy atom. The Labute approximate surface area is 104 Å². The molecule has 1 aromatic rings. The third kappa shape index (κ3) is 4.71. The highest BCUT2D eigenvalue weighted by Gasteiger charge is 2.04. The van der Waals surface area contributed by atoms with Crippen LogP contribution in [-0.4, -0.2) is 36.3 Å². The van der Waals surface area contributed by atoms with Gasteiger partial charge in [-0.3, -0.25) is 0 Å². The molecule has 0 radical (unpaired) electrons. The van der Waals surface area contributed by atoms with Gasteiger partial charge in [0.1, 0.15) is 5.82 Å². The lowest BCUT2D eigenvalue weighted by Gasteiger charge is -2.20. The van der Waals surface area contributed by atoms with E-state index in [4.69, 9.17) is 5.11 Å². The Morgan fingerprint density at radius 2 is 2.18 bits per heavy atom. The maximum Gasteiger partial charge on any atom is 0.128 e. The Hall–Kier alpha value is -1.13. The minimum atomic E-state index is 0.162. The number of anilines is 1. The second-order valence-corrected chi connectivity index (χ2v) is 4.00. The van der Waals surface area contributed by atoms with E-state index in [1.54, 1.807) is 0 Å². The molecule has 0 bridgehead atoms. The Morgan fingerprint density at radius 3 is 2.71 bits per heavy atom. The predicted octanol–water partition coefficient (Wildman–Crippen LogP) is 1.40. The van der Waals surface area contributed by atoms with Gasteiger partial charge in [-0.15, -0.1) is 0 Å². The van der Waals surface area contributed by atoms with Gasteiger partial charge in [0.05, 0.1) is 6.61 Å². The molecule has 0 aliphatic rings. The van der Waals surface area contributed by atoms with E-state index in [1.807, 2.05) is 12.3 Å². The van der Waals surface area contributed by atoms with Crippen molar-refractivity contribution in [2.45, 2.75) is 26.8 Å². The minimum absolute atomic E-state index is 0.162. The lowest BCUT2D eigenvalue weighted by atomic mass is 10.2. The van der Waals surface area contributed by atoms with Crippen LogP contribution >= 0.6 is 0 Å². The van der Waals surface area contributed by atoms with Crippen molar-refractivity contribution < 1.29 is 5.11 Å². The molecule has 0 atom stereocenters. The van der Waals surface area contributed by atoms with Gasteiger partial charge in [-0.05, 0) is 31.5 Å². The Bertz CT molecular complexity index is 300. The fourth-order valence-corrected chi connectivity index (χ4v) is 1.67. The van der Waals surface area contributed by atoms with Crippen molar-refractivity contribution in [3.63, 3.8) is 0 Å². The van der Waals surface area contributed by atoms with Crippen molar-refractivity contribution in [1.29, 1.82) is 0 Å². The monoisotopic (exact) mass is 237 g/mol. The van der Waals surface area contributed by atoms with Crippen molar-refractivity contribution in [1.82, 2.24) is 10.3 Å². The first-order valence-corrected chi connectivity index (χ1v) is 6.33. The van der Waals surface area contributed by atoms with Crippen LogP contribution in [0.25, 0.3) is 0 Å². The molecule has 1 aromatic heterocycles. The van der Waals surface area contributed by atoms with E-state index in [1.165, 1.54) is 5.56 Å². The van der Waals surface area contributed by atoms with Crippen LogP contribution in [0.5, 0.6) is 0 Å². The molecule has 0 saturated heterocycles. The molecule has 0 saturated carbocycles. The fourth-order valence-electron chi connectivity index (χ4n) is 1.67. The molecule has 0 amide bonds. The average molecular weight is 237 g/mol. The third-order valence-electron chi connectivity index (χ3n) is 2.64. The highest BCUT2D eigenvalue weighted by Crippen LogP contribution is 2.10. The van der Waals surface area contributed by atoms with Crippen LogP contribution in [0, 0.1) is 0 Å². The van der Waals surface area contributed by atoms with Crippen LogP contribution in [0.1, 0.15) is 25.8 Å². The van der Waals surface area contributed by atoms with Crippen LogP contribution in [0.2, 0.25) is 0 Å². The van der Waals surface area contributed by atoms with Gasteiger partial charge in [0.2, 0.25) is 0 Å². The Kier molecular flexibility index (Phi) is 6.58. The largest absolute Gasteiger partial charge is 0.395 e. The van der Waals surface area contributed by atoms with E-state index in [0.717, 1.165) is 31.9 Å². The number of nitrogens with zero attached hydrogens (tertiary/aromatic N) is 2. The first-order chi connectivity index (χ1) is 8.31. The van der Waals surface area contributed by atoms with Gasteiger partial charge in [-0.2, -0.15) is 0 Å². The molecule has 17 heavy (non-hydrogen) atoms. The summed E-state index contributed by atoms with van der Waals surface area (Å²) in [5, 5.41) is 12.3. The summed E-state index contributed by atoms with van der Waals surface area (Å²) >= 11 is 0. The zero-order valence-corrected chi connectivity index (χ0v) is 10.8. The van der Waals surface area contributed by atoms with Gasteiger partial charge in [-0.25, -0.2) is 4.98 Å². The van der Waals surface area contributed by atoms with E-state index in [2.05, 4.69) is 35.1 Å². The van der Waals surface area contributed by atoms with Crippen molar-refractivity contribution in [2.75, 3.05) is 31.1 Å². The molecule has 0 unspecified atom stereocenters. The van der Waals surface area contributed by atoms with Gasteiger partial charge in [0.25, 0.3) is 0 Å². The summed E-state index contributed by atoms with van der Waals surface area (Å²) in [5.74, 6) is 0.931. The van der Waals surface area contributed by atoms with Gasteiger partial charge in [-0.1, -0.05) is 13.0 Å². The number of hydrogen-bond acceptors (Lipinski definition) is 4. The summed E-state index contributed by atoms with van der Waals surface area (Å²) < 4.78 is 0. The lowest BCUT2D eigenvalue weighted by molar-refractivity contribution is 0.302. The molecule has 0 fully saturated rings. The Balaban J connectivity index is 2.53. The van der Waals surface area contributed by atoms with E-state index >= 15 is 0 Å². The lowest BCUT2D eigenvalue weighted by Crippen LogP contribution is -2.27. The second-order valence-electron chi connectivity index (χ2n) is 4.00. The minimum Gasteiger partial charge on any atom is -0.395 e. The van der Waals surface area contributed by atoms with E-state index in [0.29, 0.717) is 6.54 Å². The van der Waals surface area contributed by atoms with E-state index in [9.17, 15) is 0 Å². The van der Waals surface area contributed by atoms with E-state index in [-0.39, 0.29) is 6.61 Å². The summed E-state index contributed by atoms with van der Waals surface area (Å²) in [6.07, 6.45) is 3.05. The zero-order valence-electron chi connectivity index (χ0n) is 10.8. The maximum atomic E-state index is 8.95. The maximum absolute atomic E-state index is 8.95. The molecule has 2 N–H and O–H groups in total. The predicted molar refractivity (Wildman–Crippen MR) is 71.2 cm³/mol. The molecule has 4 nitrogen and oxygen atoms in total. The molecule has 0 aliphatic heterocycles. The number of likely N-dealkylation sites (N-methyl/N-ethyl adjacent to an activating group) is 1. The van der Waals surface area contributed by atoms with Gasteiger partial charge < -0.3 is 15.3 Å². The first-order valence-electron chi connectivity index (χ1n) is 6.33. The number of pyridine rings is 1. The van der Waals surface area contributed by atoms with Gasteiger partial charge in [0, 0.05) is 25.8 Å². The zero-order chi connectivity index (χ0) is 12.5.